The summed E-state index contributed by atoms with van der Waals surface area (Å²) in [5.41, 5.74) is -0.833. The number of halogens is 3. The van der Waals surface area contributed by atoms with E-state index in [0.29, 0.717) is 13.0 Å². The van der Waals surface area contributed by atoms with Crippen LogP contribution in [-0.4, -0.2) is 42.2 Å². The number of nitrogens with one attached hydrogen (secondary N) is 1. The van der Waals surface area contributed by atoms with E-state index in [1.165, 1.54) is 0 Å². The van der Waals surface area contributed by atoms with Gasteiger partial charge in [-0.25, -0.2) is 0 Å². The van der Waals surface area contributed by atoms with Crippen molar-refractivity contribution in [3.05, 3.63) is 0 Å². The largest absolute Gasteiger partial charge is 0.406 e. The monoisotopic (exact) mass is 266 g/mol. The van der Waals surface area contributed by atoms with Gasteiger partial charge in [0.15, 0.2) is 0 Å². The van der Waals surface area contributed by atoms with Crippen molar-refractivity contribution in [1.82, 2.24) is 10.2 Å². The highest BCUT2D eigenvalue weighted by atomic mass is 19.4. The molecule has 106 valence electrons. The van der Waals surface area contributed by atoms with Crippen molar-refractivity contribution in [3.8, 4) is 0 Å². The van der Waals surface area contributed by atoms with Crippen LogP contribution in [0, 0.1) is 5.92 Å². The first-order valence-corrected chi connectivity index (χ1v) is 6.25. The van der Waals surface area contributed by atoms with Crippen LogP contribution in [0.25, 0.3) is 0 Å². The van der Waals surface area contributed by atoms with E-state index in [9.17, 15) is 18.0 Å². The molecule has 1 unspecified atom stereocenters. The number of carbonyl (C=O) groups excluding carboxylic acids is 1. The average molecular weight is 266 g/mol. The molecule has 3 nitrogen and oxygen atoms in total. The zero-order valence-electron chi connectivity index (χ0n) is 11.1. The van der Waals surface area contributed by atoms with Crippen LogP contribution in [0.1, 0.15) is 33.6 Å². The van der Waals surface area contributed by atoms with Gasteiger partial charge in [-0.3, -0.25) is 4.79 Å². The highest BCUT2D eigenvalue weighted by molar-refractivity contribution is 5.86. The van der Waals surface area contributed by atoms with E-state index in [4.69, 9.17) is 0 Å². The van der Waals surface area contributed by atoms with E-state index in [-0.39, 0.29) is 12.5 Å². The van der Waals surface area contributed by atoms with Crippen molar-refractivity contribution in [1.29, 1.82) is 0 Å². The zero-order chi connectivity index (χ0) is 14.0. The minimum absolute atomic E-state index is 0.0151. The summed E-state index contributed by atoms with van der Waals surface area (Å²) in [5, 5.41) is 3.01. The second-order valence-electron chi connectivity index (χ2n) is 5.56. The van der Waals surface area contributed by atoms with Gasteiger partial charge in [-0.1, -0.05) is 13.8 Å². The number of hydrogen-bond donors (Lipinski definition) is 1. The average Bonchev–Trinajstić information content (AvgIpc) is 2.61. The Morgan fingerprint density at radius 3 is 2.44 bits per heavy atom. The van der Waals surface area contributed by atoms with Crippen LogP contribution in [0.2, 0.25) is 0 Å². The van der Waals surface area contributed by atoms with Gasteiger partial charge in [-0.15, -0.1) is 0 Å². The molecule has 1 amide bonds. The molecule has 0 bridgehead atoms. The fourth-order valence-corrected chi connectivity index (χ4v) is 2.30. The molecule has 0 aromatic rings. The number of rotatable bonds is 4. The van der Waals surface area contributed by atoms with Crippen LogP contribution in [0.3, 0.4) is 0 Å². The van der Waals surface area contributed by atoms with Crippen molar-refractivity contribution in [2.75, 3.05) is 19.6 Å². The van der Waals surface area contributed by atoms with Gasteiger partial charge in [0.1, 0.15) is 6.54 Å². The van der Waals surface area contributed by atoms with Gasteiger partial charge in [0.2, 0.25) is 5.91 Å². The van der Waals surface area contributed by atoms with E-state index < -0.39 is 24.2 Å². The first kappa shape index (κ1) is 15.3. The predicted molar refractivity (Wildman–Crippen MR) is 63.1 cm³/mol. The van der Waals surface area contributed by atoms with Crippen LogP contribution >= 0.6 is 0 Å². The Bertz CT molecular complexity index is 296. The molecule has 0 aromatic heterocycles. The van der Waals surface area contributed by atoms with Gasteiger partial charge in [-0.2, -0.15) is 13.2 Å². The normalized spacial score (nSPS) is 24.6. The lowest BCUT2D eigenvalue weighted by atomic mass is 9.97. The van der Waals surface area contributed by atoms with Crippen molar-refractivity contribution >= 4 is 5.91 Å². The molecule has 18 heavy (non-hydrogen) atoms. The summed E-state index contributed by atoms with van der Waals surface area (Å²) in [6.07, 6.45) is -2.93. The van der Waals surface area contributed by atoms with Gasteiger partial charge >= 0.3 is 6.18 Å². The van der Waals surface area contributed by atoms with Crippen molar-refractivity contribution in [2.24, 2.45) is 5.92 Å². The highest BCUT2D eigenvalue weighted by Crippen LogP contribution is 2.25. The molecule has 1 aliphatic rings. The number of amides is 1. The molecule has 1 fully saturated rings. The molecule has 1 heterocycles. The summed E-state index contributed by atoms with van der Waals surface area (Å²) in [4.78, 5) is 13.2. The third kappa shape index (κ3) is 4.15. The Balaban J connectivity index is 2.78. The lowest BCUT2D eigenvalue weighted by Gasteiger charge is -2.33. The molecule has 1 N–H and O–H groups in total. The van der Waals surface area contributed by atoms with E-state index in [0.717, 1.165) is 11.3 Å². The maximum atomic E-state index is 12.5. The minimum atomic E-state index is -4.35. The number of hydrogen-bond acceptors (Lipinski definition) is 2. The lowest BCUT2D eigenvalue weighted by Crippen LogP contribution is -2.55. The van der Waals surface area contributed by atoms with Crippen molar-refractivity contribution in [3.63, 3.8) is 0 Å². The fourth-order valence-electron chi connectivity index (χ4n) is 2.30. The topological polar surface area (TPSA) is 32.3 Å². The van der Waals surface area contributed by atoms with Gasteiger partial charge in [0.25, 0.3) is 0 Å². The molecule has 0 saturated carbocycles. The molecule has 0 radical (unpaired) electrons. The van der Waals surface area contributed by atoms with Crippen LogP contribution < -0.4 is 5.32 Å². The Hall–Kier alpha value is -0.780. The van der Waals surface area contributed by atoms with Crippen LogP contribution in [0.4, 0.5) is 13.2 Å². The zero-order valence-corrected chi connectivity index (χ0v) is 11.1. The first-order valence-electron chi connectivity index (χ1n) is 6.25. The van der Waals surface area contributed by atoms with E-state index in [1.54, 1.807) is 20.8 Å². The van der Waals surface area contributed by atoms with Crippen molar-refractivity contribution in [2.45, 2.75) is 45.3 Å². The van der Waals surface area contributed by atoms with Gasteiger partial charge in [0, 0.05) is 6.54 Å². The maximum Gasteiger partial charge on any atom is 0.406 e. The van der Waals surface area contributed by atoms with E-state index in [1.807, 2.05) is 0 Å². The van der Waals surface area contributed by atoms with Gasteiger partial charge in [-0.05, 0) is 32.2 Å². The minimum Gasteiger partial charge on any atom is -0.332 e. The van der Waals surface area contributed by atoms with E-state index in [2.05, 4.69) is 5.32 Å². The maximum absolute atomic E-state index is 12.5. The Morgan fingerprint density at radius 1 is 1.44 bits per heavy atom. The first-order chi connectivity index (χ1) is 8.14. The summed E-state index contributed by atoms with van der Waals surface area (Å²) in [6, 6.07) is 0. The molecule has 0 aromatic carbocycles. The molecule has 6 heteroatoms. The number of carbonyl (C=O) groups is 1. The van der Waals surface area contributed by atoms with Crippen LogP contribution in [0.5, 0.6) is 0 Å². The SMILES string of the molecule is CC(C)CN(CC(F)(F)F)C(=O)C1(C)CCCN1. The molecule has 1 atom stereocenters. The second-order valence-corrected chi connectivity index (χ2v) is 5.56. The third-order valence-electron chi connectivity index (χ3n) is 3.08. The van der Waals surface area contributed by atoms with Crippen LogP contribution in [0.15, 0.2) is 0 Å². The number of alkyl halides is 3. The summed E-state index contributed by atoms with van der Waals surface area (Å²) >= 11 is 0. The molecule has 1 aliphatic heterocycles. The lowest BCUT2D eigenvalue weighted by molar-refractivity contribution is -0.165. The third-order valence-corrected chi connectivity index (χ3v) is 3.08. The quantitative estimate of drug-likeness (QED) is 0.846. The molecular formula is C12H21F3N2O. The van der Waals surface area contributed by atoms with Gasteiger partial charge < -0.3 is 10.2 Å². The molecular weight excluding hydrogens is 245 g/mol. The summed E-state index contributed by atoms with van der Waals surface area (Å²) < 4.78 is 37.5. The predicted octanol–water partition coefficient (Wildman–Crippen LogP) is 2.18. The smallest absolute Gasteiger partial charge is 0.332 e. The van der Waals surface area contributed by atoms with E-state index >= 15 is 0 Å². The van der Waals surface area contributed by atoms with Crippen LogP contribution in [-0.2, 0) is 4.79 Å². The molecule has 1 saturated heterocycles. The number of nitrogens with zero attached hydrogens (tertiary/aromatic N) is 1. The fraction of sp³-hybridized carbons (Fsp3) is 0.917. The van der Waals surface area contributed by atoms with Gasteiger partial charge in [0.05, 0.1) is 5.54 Å². The summed E-state index contributed by atoms with van der Waals surface area (Å²) in [6.45, 7) is 4.95. The Kier molecular flexibility index (Phi) is 4.64. The molecule has 0 spiro atoms. The second kappa shape index (κ2) is 5.47. The summed E-state index contributed by atoms with van der Waals surface area (Å²) in [5.74, 6) is -0.424. The van der Waals surface area contributed by atoms with Crippen molar-refractivity contribution < 1.29 is 18.0 Å². The highest BCUT2D eigenvalue weighted by Gasteiger charge is 2.42. The summed E-state index contributed by atoms with van der Waals surface area (Å²) in [7, 11) is 0. The molecule has 1 rings (SSSR count). The molecule has 0 aliphatic carbocycles. The Labute approximate surface area is 106 Å². The Morgan fingerprint density at radius 2 is 2.06 bits per heavy atom. The standard InChI is InChI=1S/C12H21F3N2O/c1-9(2)7-17(8-12(13,14)15)10(18)11(3)5-4-6-16-11/h9,16H,4-8H2,1-3H3.